The van der Waals surface area contributed by atoms with Crippen molar-refractivity contribution >= 4 is 39.0 Å². The molecule has 124 valence electrons. The number of pyridine rings is 1. The zero-order valence-electron chi connectivity index (χ0n) is 13.4. The van der Waals surface area contributed by atoms with Crippen LogP contribution >= 0.6 is 15.9 Å². The Labute approximate surface area is 154 Å². The molecule has 3 aromatic rings. The first-order chi connectivity index (χ1) is 12.2. The first-order valence-corrected chi connectivity index (χ1v) is 8.88. The Bertz CT molecular complexity index is 907. The van der Waals surface area contributed by atoms with Crippen LogP contribution in [-0.4, -0.2) is 17.4 Å². The Balaban J connectivity index is 1.49. The molecule has 1 aromatic heterocycles. The first-order valence-electron chi connectivity index (χ1n) is 8.09. The summed E-state index contributed by atoms with van der Waals surface area (Å²) in [7, 11) is 0. The lowest BCUT2D eigenvalue weighted by Crippen LogP contribution is -2.15. The number of nitrogens with one attached hydrogen (secondary N) is 1. The molecule has 0 atom stereocenters. The molecule has 2 heterocycles. The van der Waals surface area contributed by atoms with Gasteiger partial charge >= 0.3 is 0 Å². The minimum atomic E-state index is -0.167. The Morgan fingerprint density at radius 1 is 1.04 bits per heavy atom. The van der Waals surface area contributed by atoms with Gasteiger partial charge in [0.2, 0.25) is 0 Å². The Kier molecular flexibility index (Phi) is 4.24. The van der Waals surface area contributed by atoms with E-state index >= 15 is 0 Å². The Morgan fingerprint density at radius 2 is 1.84 bits per heavy atom. The van der Waals surface area contributed by atoms with Gasteiger partial charge in [0.25, 0.3) is 5.91 Å². The highest BCUT2D eigenvalue weighted by Crippen LogP contribution is 2.34. The van der Waals surface area contributed by atoms with Gasteiger partial charge in [-0.1, -0.05) is 34.1 Å². The van der Waals surface area contributed by atoms with Crippen LogP contribution in [0.15, 0.2) is 71.3 Å². The minimum absolute atomic E-state index is 0.167. The van der Waals surface area contributed by atoms with Crippen molar-refractivity contribution in [1.29, 1.82) is 0 Å². The molecule has 25 heavy (non-hydrogen) atoms. The SMILES string of the molecule is O=C(Nc1ccc(N2CCc3ccccc32)cn1)c1ccc(Br)cc1. The predicted molar refractivity (Wildman–Crippen MR) is 103 cm³/mol. The van der Waals surface area contributed by atoms with Crippen LogP contribution in [0.2, 0.25) is 0 Å². The van der Waals surface area contributed by atoms with Crippen LogP contribution in [0.5, 0.6) is 0 Å². The number of rotatable bonds is 3. The summed E-state index contributed by atoms with van der Waals surface area (Å²) in [4.78, 5) is 18.9. The lowest BCUT2D eigenvalue weighted by Gasteiger charge is -2.19. The third kappa shape index (κ3) is 3.28. The number of carbonyl (C=O) groups excluding carboxylic acids is 1. The largest absolute Gasteiger partial charge is 0.340 e. The monoisotopic (exact) mass is 393 g/mol. The fraction of sp³-hybridized carbons (Fsp3) is 0.100. The quantitative estimate of drug-likeness (QED) is 0.695. The van der Waals surface area contributed by atoms with Gasteiger partial charge < -0.3 is 10.2 Å². The maximum atomic E-state index is 12.3. The second kappa shape index (κ2) is 6.69. The van der Waals surface area contributed by atoms with Gasteiger partial charge in [-0.25, -0.2) is 4.98 Å². The molecule has 0 fully saturated rings. The molecule has 1 amide bonds. The summed E-state index contributed by atoms with van der Waals surface area (Å²) in [5, 5.41) is 2.83. The summed E-state index contributed by atoms with van der Waals surface area (Å²) >= 11 is 3.36. The fourth-order valence-corrected chi connectivity index (χ4v) is 3.28. The molecule has 0 spiro atoms. The van der Waals surface area contributed by atoms with E-state index < -0.39 is 0 Å². The molecule has 1 N–H and O–H groups in total. The number of fused-ring (bicyclic) bond motifs is 1. The summed E-state index contributed by atoms with van der Waals surface area (Å²) in [5.41, 5.74) is 4.22. The van der Waals surface area contributed by atoms with Gasteiger partial charge in [0.1, 0.15) is 5.82 Å². The number of para-hydroxylation sites is 1. The molecule has 0 radical (unpaired) electrons. The summed E-state index contributed by atoms with van der Waals surface area (Å²) < 4.78 is 0.942. The van der Waals surface area contributed by atoms with Gasteiger partial charge in [0, 0.05) is 22.3 Å². The number of aromatic nitrogens is 1. The molecule has 4 nitrogen and oxygen atoms in total. The topological polar surface area (TPSA) is 45.2 Å². The number of amides is 1. The van der Waals surface area contributed by atoms with E-state index in [1.54, 1.807) is 18.3 Å². The van der Waals surface area contributed by atoms with Crippen molar-refractivity contribution in [3.63, 3.8) is 0 Å². The van der Waals surface area contributed by atoms with Crippen LogP contribution in [0.1, 0.15) is 15.9 Å². The van der Waals surface area contributed by atoms with Crippen molar-refractivity contribution in [3.8, 4) is 0 Å². The second-order valence-electron chi connectivity index (χ2n) is 5.89. The second-order valence-corrected chi connectivity index (χ2v) is 6.81. The average molecular weight is 394 g/mol. The Hall–Kier alpha value is -2.66. The molecule has 0 saturated carbocycles. The summed E-state index contributed by atoms with van der Waals surface area (Å²) in [6.45, 7) is 0.950. The predicted octanol–water partition coefficient (Wildman–Crippen LogP) is 4.79. The van der Waals surface area contributed by atoms with Crippen molar-refractivity contribution in [2.24, 2.45) is 0 Å². The zero-order valence-corrected chi connectivity index (χ0v) is 15.0. The van der Waals surface area contributed by atoms with Gasteiger partial charge in [-0.05, 0) is 54.4 Å². The van der Waals surface area contributed by atoms with E-state index in [0.29, 0.717) is 11.4 Å². The molecule has 1 aliphatic heterocycles. The fourth-order valence-electron chi connectivity index (χ4n) is 3.02. The van der Waals surface area contributed by atoms with E-state index in [-0.39, 0.29) is 5.91 Å². The first kappa shape index (κ1) is 15.8. The number of benzene rings is 2. The van der Waals surface area contributed by atoms with E-state index in [9.17, 15) is 4.79 Å². The third-order valence-corrected chi connectivity index (χ3v) is 4.82. The molecule has 1 aliphatic rings. The maximum Gasteiger partial charge on any atom is 0.256 e. The minimum Gasteiger partial charge on any atom is -0.340 e. The van der Waals surface area contributed by atoms with Crippen LogP contribution in [0.3, 0.4) is 0 Å². The number of nitrogens with zero attached hydrogens (tertiary/aromatic N) is 2. The molecule has 2 aromatic carbocycles. The molecule has 0 bridgehead atoms. The van der Waals surface area contributed by atoms with Gasteiger partial charge in [-0.3, -0.25) is 4.79 Å². The highest BCUT2D eigenvalue weighted by Gasteiger charge is 2.19. The number of carbonyl (C=O) groups is 1. The molecular formula is C20H16BrN3O. The molecule has 0 unspecified atom stereocenters. The zero-order chi connectivity index (χ0) is 17.2. The number of hydrogen-bond acceptors (Lipinski definition) is 3. The van der Waals surface area contributed by atoms with E-state index in [4.69, 9.17) is 0 Å². The Morgan fingerprint density at radius 3 is 2.60 bits per heavy atom. The highest BCUT2D eigenvalue weighted by molar-refractivity contribution is 9.10. The van der Waals surface area contributed by atoms with Crippen molar-refractivity contribution in [3.05, 3.63) is 82.5 Å². The van der Waals surface area contributed by atoms with E-state index in [1.807, 2.05) is 24.3 Å². The van der Waals surface area contributed by atoms with Crippen molar-refractivity contribution in [2.75, 3.05) is 16.8 Å². The number of hydrogen-bond donors (Lipinski definition) is 1. The summed E-state index contributed by atoms with van der Waals surface area (Å²) in [5.74, 6) is 0.378. The van der Waals surface area contributed by atoms with Gasteiger partial charge in [-0.2, -0.15) is 0 Å². The number of anilines is 3. The van der Waals surface area contributed by atoms with Gasteiger partial charge in [0.05, 0.1) is 11.9 Å². The van der Waals surface area contributed by atoms with Gasteiger partial charge in [0.15, 0.2) is 0 Å². The lowest BCUT2D eigenvalue weighted by atomic mass is 10.2. The summed E-state index contributed by atoms with van der Waals surface area (Å²) in [6.07, 6.45) is 2.84. The molecular weight excluding hydrogens is 378 g/mol. The third-order valence-electron chi connectivity index (χ3n) is 4.29. The maximum absolute atomic E-state index is 12.3. The number of halogens is 1. The standard InChI is InChI=1S/C20H16BrN3O/c21-16-7-5-15(6-8-16)20(25)23-19-10-9-17(13-22-19)24-12-11-14-3-1-2-4-18(14)24/h1-10,13H,11-12H2,(H,22,23,25). The van der Waals surface area contributed by atoms with Gasteiger partial charge in [-0.15, -0.1) is 0 Å². The van der Waals surface area contributed by atoms with E-state index in [0.717, 1.165) is 23.1 Å². The lowest BCUT2D eigenvalue weighted by molar-refractivity contribution is 0.102. The average Bonchev–Trinajstić information content (AvgIpc) is 3.07. The van der Waals surface area contributed by atoms with E-state index in [1.165, 1.54) is 11.3 Å². The summed E-state index contributed by atoms with van der Waals surface area (Å²) in [6, 6.07) is 19.5. The van der Waals surface area contributed by atoms with Crippen molar-refractivity contribution in [1.82, 2.24) is 4.98 Å². The molecule has 5 heteroatoms. The highest BCUT2D eigenvalue weighted by atomic mass is 79.9. The van der Waals surface area contributed by atoms with Crippen LogP contribution in [-0.2, 0) is 6.42 Å². The van der Waals surface area contributed by atoms with Crippen molar-refractivity contribution < 1.29 is 4.79 Å². The van der Waals surface area contributed by atoms with Crippen LogP contribution in [0.4, 0.5) is 17.2 Å². The van der Waals surface area contributed by atoms with Crippen molar-refractivity contribution in [2.45, 2.75) is 6.42 Å². The molecule has 4 rings (SSSR count). The molecule has 0 aliphatic carbocycles. The molecule has 0 saturated heterocycles. The smallest absolute Gasteiger partial charge is 0.256 e. The van der Waals surface area contributed by atoms with Crippen LogP contribution in [0.25, 0.3) is 0 Å². The van der Waals surface area contributed by atoms with E-state index in [2.05, 4.69) is 55.4 Å². The normalized spacial score (nSPS) is 12.8. The van der Waals surface area contributed by atoms with Crippen LogP contribution in [0, 0.1) is 0 Å². The van der Waals surface area contributed by atoms with Crippen LogP contribution < -0.4 is 10.2 Å².